The van der Waals surface area contributed by atoms with E-state index in [9.17, 15) is 4.79 Å². The minimum atomic E-state index is -0.740. The molecule has 0 fully saturated rings. The molecule has 17 heavy (non-hydrogen) atoms. The molecule has 0 bridgehead atoms. The number of hydrogen-bond acceptors (Lipinski definition) is 1. The molecular weight excluding hydrogens is 214 g/mol. The van der Waals surface area contributed by atoms with Gasteiger partial charge in [-0.15, -0.1) is 0 Å². The van der Waals surface area contributed by atoms with Crippen molar-refractivity contribution in [1.82, 2.24) is 4.57 Å². The summed E-state index contributed by atoms with van der Waals surface area (Å²) in [5.41, 5.74) is 2.27. The van der Waals surface area contributed by atoms with Crippen LogP contribution in [0.3, 0.4) is 0 Å². The lowest BCUT2D eigenvalue weighted by atomic mass is 10.0. The Morgan fingerprint density at radius 1 is 1.41 bits per heavy atom. The van der Waals surface area contributed by atoms with Gasteiger partial charge in [0, 0.05) is 18.3 Å². The van der Waals surface area contributed by atoms with Crippen LogP contribution in [0.5, 0.6) is 0 Å². The monoisotopic (exact) mass is 231 g/mol. The third kappa shape index (κ3) is 2.33. The van der Waals surface area contributed by atoms with E-state index in [-0.39, 0.29) is 5.92 Å². The summed E-state index contributed by atoms with van der Waals surface area (Å²) in [5.74, 6) is -1.08. The third-order valence-electron chi connectivity index (χ3n) is 3.14. The van der Waals surface area contributed by atoms with E-state index in [1.165, 1.54) is 10.9 Å². The van der Waals surface area contributed by atoms with Crippen LogP contribution >= 0.6 is 0 Å². The summed E-state index contributed by atoms with van der Waals surface area (Å²) in [6.45, 7) is 4.78. The van der Waals surface area contributed by atoms with Crippen molar-refractivity contribution >= 4 is 16.9 Å². The maximum absolute atomic E-state index is 10.8. The van der Waals surface area contributed by atoms with Gasteiger partial charge in [0.05, 0.1) is 5.92 Å². The number of aromatic nitrogens is 1. The highest BCUT2D eigenvalue weighted by Gasteiger charge is 2.12. The second-order valence-electron chi connectivity index (χ2n) is 4.44. The summed E-state index contributed by atoms with van der Waals surface area (Å²) in [6, 6.07) is 8.26. The Balaban J connectivity index is 2.33. The van der Waals surface area contributed by atoms with Crippen molar-refractivity contribution in [2.45, 2.75) is 26.8 Å². The Kier molecular flexibility index (Phi) is 3.18. The number of rotatable bonds is 4. The van der Waals surface area contributed by atoms with Gasteiger partial charge in [0.15, 0.2) is 0 Å². The minimum absolute atomic E-state index is 0.336. The second kappa shape index (κ2) is 4.62. The van der Waals surface area contributed by atoms with E-state index in [0.29, 0.717) is 6.42 Å². The largest absolute Gasteiger partial charge is 0.481 e. The summed E-state index contributed by atoms with van der Waals surface area (Å²) in [4.78, 5) is 10.8. The second-order valence-corrected chi connectivity index (χ2v) is 4.44. The van der Waals surface area contributed by atoms with E-state index < -0.39 is 5.97 Å². The zero-order valence-corrected chi connectivity index (χ0v) is 10.2. The predicted molar refractivity (Wildman–Crippen MR) is 68.1 cm³/mol. The maximum Gasteiger partial charge on any atom is 0.306 e. The molecule has 1 unspecified atom stereocenters. The van der Waals surface area contributed by atoms with Gasteiger partial charge in [-0.2, -0.15) is 0 Å². The first kappa shape index (κ1) is 11.7. The quantitative estimate of drug-likeness (QED) is 0.879. The maximum atomic E-state index is 10.8. The molecule has 90 valence electrons. The van der Waals surface area contributed by atoms with Gasteiger partial charge in [0.25, 0.3) is 0 Å². The number of benzene rings is 1. The Bertz CT molecular complexity index is 542. The lowest BCUT2D eigenvalue weighted by molar-refractivity contribution is -0.141. The molecule has 0 aliphatic heterocycles. The van der Waals surface area contributed by atoms with Crippen molar-refractivity contribution in [1.29, 1.82) is 0 Å². The van der Waals surface area contributed by atoms with Crippen molar-refractivity contribution in [3.8, 4) is 0 Å². The van der Waals surface area contributed by atoms with Crippen LogP contribution in [0.2, 0.25) is 0 Å². The topological polar surface area (TPSA) is 42.2 Å². The average Bonchev–Trinajstić information content (AvgIpc) is 2.71. The van der Waals surface area contributed by atoms with Crippen molar-refractivity contribution in [3.05, 3.63) is 36.0 Å². The fraction of sp³-hybridized carbons (Fsp3) is 0.357. The molecule has 0 aliphatic rings. The SMILES string of the molecule is CCn1ccc2ccc(CC(C)C(=O)O)cc21. The van der Waals surface area contributed by atoms with Gasteiger partial charge in [-0.25, -0.2) is 0 Å². The number of carbonyl (C=O) groups is 1. The highest BCUT2D eigenvalue weighted by atomic mass is 16.4. The molecule has 1 aromatic heterocycles. The minimum Gasteiger partial charge on any atom is -0.481 e. The lowest BCUT2D eigenvalue weighted by Gasteiger charge is -2.07. The van der Waals surface area contributed by atoms with Crippen molar-refractivity contribution < 1.29 is 9.90 Å². The Morgan fingerprint density at radius 3 is 2.82 bits per heavy atom. The van der Waals surface area contributed by atoms with E-state index >= 15 is 0 Å². The first-order chi connectivity index (χ1) is 8.11. The molecule has 0 spiro atoms. The molecule has 0 radical (unpaired) electrons. The van der Waals surface area contributed by atoms with Crippen molar-refractivity contribution in [2.75, 3.05) is 0 Å². The fourth-order valence-corrected chi connectivity index (χ4v) is 2.07. The van der Waals surface area contributed by atoms with Gasteiger partial charge in [0.2, 0.25) is 0 Å². The summed E-state index contributed by atoms with van der Waals surface area (Å²) < 4.78 is 2.17. The smallest absolute Gasteiger partial charge is 0.306 e. The van der Waals surface area contributed by atoms with E-state index in [1.807, 2.05) is 6.07 Å². The number of carboxylic acid groups (broad SMARTS) is 1. The van der Waals surface area contributed by atoms with Crippen LogP contribution in [-0.2, 0) is 17.8 Å². The molecule has 0 saturated carbocycles. The van der Waals surface area contributed by atoms with Crippen LogP contribution in [0.15, 0.2) is 30.5 Å². The first-order valence-corrected chi connectivity index (χ1v) is 5.92. The van der Waals surface area contributed by atoms with E-state index in [0.717, 1.165) is 12.1 Å². The summed E-state index contributed by atoms with van der Waals surface area (Å²) in [6.07, 6.45) is 2.65. The van der Waals surface area contributed by atoms with Crippen LogP contribution in [0.4, 0.5) is 0 Å². The van der Waals surface area contributed by atoms with Crippen molar-refractivity contribution in [3.63, 3.8) is 0 Å². The number of fused-ring (bicyclic) bond motifs is 1. The summed E-state index contributed by atoms with van der Waals surface area (Å²) >= 11 is 0. The first-order valence-electron chi connectivity index (χ1n) is 5.92. The summed E-state index contributed by atoms with van der Waals surface area (Å²) in [5, 5.41) is 10.1. The van der Waals surface area contributed by atoms with Gasteiger partial charge < -0.3 is 9.67 Å². The van der Waals surface area contributed by atoms with Gasteiger partial charge in [-0.05, 0) is 36.4 Å². The molecule has 2 aromatic rings. The molecule has 1 heterocycles. The molecule has 0 aliphatic carbocycles. The molecule has 2 rings (SSSR count). The molecule has 0 amide bonds. The van der Waals surface area contributed by atoms with Crippen LogP contribution in [0, 0.1) is 5.92 Å². The Labute approximate surface area is 101 Å². The molecular formula is C14H17NO2. The molecule has 1 atom stereocenters. The lowest BCUT2D eigenvalue weighted by Crippen LogP contribution is -2.12. The normalized spacial score (nSPS) is 12.8. The number of carboxylic acids is 1. The molecule has 1 aromatic carbocycles. The van der Waals surface area contributed by atoms with Gasteiger partial charge in [-0.1, -0.05) is 19.1 Å². The highest BCUT2D eigenvalue weighted by molar-refractivity contribution is 5.81. The summed E-state index contributed by atoms with van der Waals surface area (Å²) in [7, 11) is 0. The third-order valence-corrected chi connectivity index (χ3v) is 3.14. The molecule has 1 N–H and O–H groups in total. The average molecular weight is 231 g/mol. The standard InChI is InChI=1S/C14H17NO2/c1-3-15-7-6-12-5-4-11(9-13(12)15)8-10(2)14(16)17/h4-7,9-10H,3,8H2,1-2H3,(H,16,17). The number of aliphatic carboxylic acids is 1. The van der Waals surface area contributed by atoms with Gasteiger partial charge >= 0.3 is 5.97 Å². The fourth-order valence-electron chi connectivity index (χ4n) is 2.07. The highest BCUT2D eigenvalue weighted by Crippen LogP contribution is 2.19. The zero-order valence-electron chi connectivity index (χ0n) is 10.2. The number of aryl methyl sites for hydroxylation is 1. The van der Waals surface area contributed by atoms with Crippen LogP contribution < -0.4 is 0 Å². The number of nitrogens with zero attached hydrogens (tertiary/aromatic N) is 1. The molecule has 3 heteroatoms. The number of hydrogen-bond donors (Lipinski definition) is 1. The Hall–Kier alpha value is -1.77. The van der Waals surface area contributed by atoms with E-state index in [1.54, 1.807) is 6.92 Å². The molecule has 3 nitrogen and oxygen atoms in total. The van der Waals surface area contributed by atoms with E-state index in [2.05, 4.69) is 35.9 Å². The zero-order chi connectivity index (χ0) is 12.4. The van der Waals surface area contributed by atoms with Gasteiger partial charge in [-0.3, -0.25) is 4.79 Å². The predicted octanol–water partition coefficient (Wildman–Crippen LogP) is 2.92. The van der Waals surface area contributed by atoms with Gasteiger partial charge in [0.1, 0.15) is 0 Å². The van der Waals surface area contributed by atoms with Crippen LogP contribution in [0.25, 0.3) is 10.9 Å². The van der Waals surface area contributed by atoms with Crippen LogP contribution in [-0.4, -0.2) is 15.6 Å². The van der Waals surface area contributed by atoms with Crippen LogP contribution in [0.1, 0.15) is 19.4 Å². The van der Waals surface area contributed by atoms with E-state index in [4.69, 9.17) is 5.11 Å². The van der Waals surface area contributed by atoms with Crippen molar-refractivity contribution in [2.24, 2.45) is 5.92 Å². The Morgan fingerprint density at radius 2 is 2.18 bits per heavy atom. The molecule has 0 saturated heterocycles.